The number of nitrogens with zero attached hydrogens (tertiary/aromatic N) is 2. The Morgan fingerprint density at radius 3 is 2.69 bits per heavy atom. The molecule has 1 N–H and O–H groups in total. The molecule has 6 heteroatoms. The van der Waals surface area contributed by atoms with Crippen molar-refractivity contribution < 1.29 is 9.59 Å². The molecule has 0 atom stereocenters. The third-order valence-corrected chi connectivity index (χ3v) is 7.70. The normalized spacial score (nSPS) is 15.6. The molecule has 5 nitrogen and oxygen atoms in total. The number of nitrogens with one attached hydrogen (secondary N) is 1. The average molecular weight is 414 g/mol. The fraction of sp³-hybridized carbons (Fsp3) is 0.435. The Kier molecular flexibility index (Phi) is 7.31. The maximum absolute atomic E-state index is 12.7. The molecule has 1 aliphatic rings. The van der Waals surface area contributed by atoms with E-state index >= 15 is 0 Å². The number of rotatable bonds is 9. The molecule has 1 aromatic carbocycles. The number of amides is 2. The summed E-state index contributed by atoms with van der Waals surface area (Å²) >= 11 is 0. The molecule has 0 aliphatic carbocycles. The van der Waals surface area contributed by atoms with Crippen molar-refractivity contribution in [3.8, 4) is 0 Å². The SMILES string of the molecule is CS1(C)CN(C(=O)CCCCCNC(=O)CCc2cccnc2)c2ccccc21. The van der Waals surface area contributed by atoms with Gasteiger partial charge in [0, 0.05) is 36.7 Å². The number of carbonyl (C=O) groups excluding carboxylic acids is 2. The number of pyridine rings is 1. The van der Waals surface area contributed by atoms with Crippen LogP contribution in [-0.2, 0) is 16.0 Å². The van der Waals surface area contributed by atoms with E-state index in [9.17, 15) is 9.59 Å². The number of fused-ring (bicyclic) bond motifs is 1. The maximum Gasteiger partial charge on any atom is 0.227 e. The van der Waals surface area contributed by atoms with Gasteiger partial charge < -0.3 is 10.2 Å². The number of para-hydroxylation sites is 1. The predicted octanol–water partition coefficient (Wildman–Crippen LogP) is 4.12. The second kappa shape index (κ2) is 9.92. The van der Waals surface area contributed by atoms with Crippen molar-refractivity contribution in [1.82, 2.24) is 10.3 Å². The smallest absolute Gasteiger partial charge is 0.227 e. The van der Waals surface area contributed by atoms with E-state index < -0.39 is 10.0 Å². The van der Waals surface area contributed by atoms with Crippen molar-refractivity contribution in [2.75, 3.05) is 29.8 Å². The molecule has 1 aromatic heterocycles. The van der Waals surface area contributed by atoms with Crippen LogP contribution in [0.1, 0.15) is 37.7 Å². The Bertz CT molecular complexity index is 839. The van der Waals surface area contributed by atoms with Gasteiger partial charge in [-0.15, -0.1) is 0 Å². The third kappa shape index (κ3) is 5.82. The topological polar surface area (TPSA) is 62.3 Å². The molecule has 0 unspecified atom stereocenters. The average Bonchev–Trinajstić information content (AvgIpc) is 3.01. The molecule has 3 rings (SSSR count). The number of carbonyl (C=O) groups is 2. The highest BCUT2D eigenvalue weighted by molar-refractivity contribution is 8.33. The summed E-state index contributed by atoms with van der Waals surface area (Å²) in [7, 11) is -0.920. The molecular formula is C23H31N3O2S. The lowest BCUT2D eigenvalue weighted by Crippen LogP contribution is -2.29. The lowest BCUT2D eigenvalue weighted by molar-refractivity contribution is -0.121. The Hall–Kier alpha value is -2.34. The number of unbranched alkanes of at least 4 members (excludes halogenated alkanes) is 2. The molecule has 2 amide bonds. The summed E-state index contributed by atoms with van der Waals surface area (Å²) in [4.78, 5) is 32.0. The first-order chi connectivity index (χ1) is 14.0. The number of anilines is 1. The van der Waals surface area contributed by atoms with Gasteiger partial charge in [-0.1, -0.05) is 24.6 Å². The Labute approximate surface area is 175 Å². The zero-order valence-electron chi connectivity index (χ0n) is 17.4. The zero-order valence-corrected chi connectivity index (χ0v) is 18.2. The van der Waals surface area contributed by atoms with E-state index in [-0.39, 0.29) is 11.8 Å². The van der Waals surface area contributed by atoms with Crippen molar-refractivity contribution in [3.05, 3.63) is 54.4 Å². The van der Waals surface area contributed by atoms with Gasteiger partial charge in [0.2, 0.25) is 11.8 Å². The minimum atomic E-state index is -0.920. The number of benzene rings is 1. The first-order valence-electron chi connectivity index (χ1n) is 10.2. The van der Waals surface area contributed by atoms with E-state index in [0.29, 0.717) is 25.8 Å². The van der Waals surface area contributed by atoms with Crippen molar-refractivity contribution in [3.63, 3.8) is 0 Å². The number of hydrogen-bond donors (Lipinski definition) is 1. The van der Waals surface area contributed by atoms with Gasteiger partial charge in [0.25, 0.3) is 0 Å². The summed E-state index contributed by atoms with van der Waals surface area (Å²) in [5, 5.41) is 2.97. The molecule has 0 bridgehead atoms. The van der Waals surface area contributed by atoms with Crippen LogP contribution < -0.4 is 10.2 Å². The fourth-order valence-corrected chi connectivity index (χ4v) is 5.91. The number of aromatic nitrogens is 1. The molecular weight excluding hydrogens is 382 g/mol. The van der Waals surface area contributed by atoms with E-state index in [2.05, 4.69) is 41.0 Å². The van der Waals surface area contributed by atoms with Crippen LogP contribution in [0.25, 0.3) is 0 Å². The summed E-state index contributed by atoms with van der Waals surface area (Å²) in [6, 6.07) is 12.2. The highest BCUT2D eigenvalue weighted by Crippen LogP contribution is 2.59. The van der Waals surface area contributed by atoms with Crippen LogP contribution >= 0.6 is 10.0 Å². The van der Waals surface area contributed by atoms with Crippen LogP contribution in [0.4, 0.5) is 5.69 Å². The van der Waals surface area contributed by atoms with Gasteiger partial charge in [-0.2, -0.15) is 0 Å². The summed E-state index contributed by atoms with van der Waals surface area (Å²) in [5.41, 5.74) is 2.17. The van der Waals surface area contributed by atoms with Crippen LogP contribution in [0, 0.1) is 0 Å². The summed E-state index contributed by atoms with van der Waals surface area (Å²) in [6.45, 7) is 0.670. The second-order valence-corrected chi connectivity index (χ2v) is 11.8. The monoisotopic (exact) mass is 413 g/mol. The van der Waals surface area contributed by atoms with Crippen molar-refractivity contribution in [2.24, 2.45) is 0 Å². The molecule has 2 heterocycles. The molecule has 0 saturated carbocycles. The minimum Gasteiger partial charge on any atom is -0.356 e. The molecule has 156 valence electrons. The van der Waals surface area contributed by atoms with Crippen LogP contribution in [0.15, 0.2) is 53.7 Å². The van der Waals surface area contributed by atoms with Crippen molar-refractivity contribution in [2.45, 2.75) is 43.4 Å². The lowest BCUT2D eigenvalue weighted by Gasteiger charge is -2.26. The maximum atomic E-state index is 12.7. The first kappa shape index (κ1) is 21.4. The van der Waals surface area contributed by atoms with E-state index in [1.54, 1.807) is 12.4 Å². The van der Waals surface area contributed by atoms with E-state index in [1.165, 1.54) is 4.90 Å². The standard InChI is InChI=1S/C23H31N3O2S/c1-29(2)18-26(20-10-5-6-11-21(20)29)23(28)12-4-3-7-16-25-22(27)14-13-19-9-8-15-24-17-19/h5-6,8-11,15,17H,3-4,7,12-14,16,18H2,1-2H3,(H,25,27). The third-order valence-electron chi connectivity index (χ3n) is 5.26. The first-order valence-corrected chi connectivity index (χ1v) is 12.9. The summed E-state index contributed by atoms with van der Waals surface area (Å²) in [5.74, 6) is 1.12. The summed E-state index contributed by atoms with van der Waals surface area (Å²) in [6.07, 6.45) is 12.6. The lowest BCUT2D eigenvalue weighted by atomic mass is 10.1. The Morgan fingerprint density at radius 2 is 1.90 bits per heavy atom. The van der Waals surface area contributed by atoms with Gasteiger partial charge in [-0.3, -0.25) is 14.6 Å². The second-order valence-electron chi connectivity index (χ2n) is 7.98. The Morgan fingerprint density at radius 1 is 1.07 bits per heavy atom. The zero-order chi connectivity index (χ0) is 20.7. The molecule has 0 spiro atoms. The highest BCUT2D eigenvalue weighted by Gasteiger charge is 2.33. The van der Waals surface area contributed by atoms with E-state index in [0.717, 1.165) is 36.4 Å². The van der Waals surface area contributed by atoms with Crippen LogP contribution in [0.5, 0.6) is 0 Å². The van der Waals surface area contributed by atoms with Crippen LogP contribution in [-0.4, -0.2) is 41.7 Å². The minimum absolute atomic E-state index is 0.0730. The van der Waals surface area contributed by atoms with Gasteiger partial charge in [-0.05, 0) is 55.5 Å². The van der Waals surface area contributed by atoms with E-state index in [4.69, 9.17) is 0 Å². The highest BCUT2D eigenvalue weighted by atomic mass is 32.3. The van der Waals surface area contributed by atoms with E-state index in [1.807, 2.05) is 23.1 Å². The van der Waals surface area contributed by atoms with Crippen LogP contribution in [0.3, 0.4) is 0 Å². The molecule has 2 aromatic rings. The molecule has 0 saturated heterocycles. The quantitative estimate of drug-likeness (QED) is 0.629. The largest absolute Gasteiger partial charge is 0.356 e. The molecule has 0 radical (unpaired) electrons. The van der Waals surface area contributed by atoms with Gasteiger partial charge in [0.05, 0.1) is 11.6 Å². The predicted molar refractivity (Wildman–Crippen MR) is 121 cm³/mol. The van der Waals surface area contributed by atoms with Gasteiger partial charge in [-0.25, -0.2) is 10.0 Å². The van der Waals surface area contributed by atoms with Crippen molar-refractivity contribution >= 4 is 27.5 Å². The molecule has 0 fully saturated rings. The van der Waals surface area contributed by atoms with Gasteiger partial charge >= 0.3 is 0 Å². The van der Waals surface area contributed by atoms with Crippen LogP contribution in [0.2, 0.25) is 0 Å². The van der Waals surface area contributed by atoms with Crippen molar-refractivity contribution in [1.29, 1.82) is 0 Å². The number of hydrogen-bond acceptors (Lipinski definition) is 3. The van der Waals surface area contributed by atoms with Gasteiger partial charge in [0.15, 0.2) is 0 Å². The van der Waals surface area contributed by atoms with Gasteiger partial charge in [0.1, 0.15) is 0 Å². The fourth-order valence-electron chi connectivity index (χ4n) is 3.65. The molecule has 29 heavy (non-hydrogen) atoms. The Balaban J connectivity index is 1.31. The summed E-state index contributed by atoms with van der Waals surface area (Å²) < 4.78 is 0. The molecule has 1 aliphatic heterocycles. The number of aryl methyl sites for hydroxylation is 1.